The molecule has 0 aromatic heterocycles. The maximum absolute atomic E-state index is 6.31. The number of hydrogen-bond donors (Lipinski definition) is 0. The van der Waals surface area contributed by atoms with E-state index in [0.717, 1.165) is 25.4 Å². The molecular formula is C24H33N3O. The predicted octanol–water partition coefficient (Wildman–Crippen LogP) is 4.40. The van der Waals surface area contributed by atoms with E-state index in [4.69, 9.17) is 4.74 Å². The van der Waals surface area contributed by atoms with Crippen molar-refractivity contribution in [3.63, 3.8) is 0 Å². The number of nitrogens with zero attached hydrogens (tertiary/aromatic N) is 3. The lowest BCUT2D eigenvalue weighted by Crippen LogP contribution is -2.31. The fraction of sp³-hybridized carbons (Fsp3) is 0.500. The first-order valence-electron chi connectivity index (χ1n) is 10.8. The molecule has 28 heavy (non-hydrogen) atoms. The van der Waals surface area contributed by atoms with Gasteiger partial charge in [-0.2, -0.15) is 0 Å². The van der Waals surface area contributed by atoms with Crippen molar-refractivity contribution in [1.29, 1.82) is 0 Å². The standard InChI is InChI=1S/C24H33N3O/c1-25-13-8-16-27(18-17-25)23-19-22(26-14-6-3-7-15-26)11-12-24(23)28-20-21-9-4-2-5-10-21/h2,4-5,9-12,19H,3,6-8,13-18,20H2,1H3. The van der Waals surface area contributed by atoms with Crippen molar-refractivity contribution in [3.8, 4) is 5.75 Å². The first-order valence-corrected chi connectivity index (χ1v) is 10.8. The van der Waals surface area contributed by atoms with Crippen molar-refractivity contribution >= 4 is 11.4 Å². The van der Waals surface area contributed by atoms with Crippen molar-refractivity contribution in [2.24, 2.45) is 0 Å². The predicted molar refractivity (Wildman–Crippen MR) is 118 cm³/mol. The van der Waals surface area contributed by atoms with Crippen LogP contribution in [0.1, 0.15) is 31.2 Å². The molecule has 0 N–H and O–H groups in total. The number of anilines is 2. The van der Waals surface area contributed by atoms with E-state index in [0.29, 0.717) is 6.61 Å². The summed E-state index contributed by atoms with van der Waals surface area (Å²) >= 11 is 0. The molecule has 2 aromatic carbocycles. The summed E-state index contributed by atoms with van der Waals surface area (Å²) in [6.07, 6.45) is 5.16. The van der Waals surface area contributed by atoms with Gasteiger partial charge < -0.3 is 19.4 Å². The Morgan fingerprint density at radius 2 is 1.54 bits per heavy atom. The zero-order valence-electron chi connectivity index (χ0n) is 17.1. The van der Waals surface area contributed by atoms with E-state index in [1.54, 1.807) is 0 Å². The fourth-order valence-electron chi connectivity index (χ4n) is 4.25. The van der Waals surface area contributed by atoms with Crippen LogP contribution in [-0.2, 0) is 6.61 Å². The molecule has 0 saturated carbocycles. The second kappa shape index (κ2) is 9.33. The highest BCUT2D eigenvalue weighted by Gasteiger charge is 2.19. The van der Waals surface area contributed by atoms with Gasteiger partial charge in [0.15, 0.2) is 0 Å². The third-order valence-electron chi connectivity index (χ3n) is 5.96. The quantitative estimate of drug-likeness (QED) is 0.766. The van der Waals surface area contributed by atoms with Crippen LogP contribution in [-0.4, -0.2) is 51.2 Å². The van der Waals surface area contributed by atoms with E-state index in [-0.39, 0.29) is 0 Å². The van der Waals surface area contributed by atoms with Gasteiger partial charge in [-0.05, 0) is 63.0 Å². The summed E-state index contributed by atoms with van der Waals surface area (Å²) in [5, 5.41) is 0. The van der Waals surface area contributed by atoms with Gasteiger partial charge in [0.1, 0.15) is 12.4 Å². The molecule has 150 valence electrons. The Bertz CT molecular complexity index is 743. The summed E-state index contributed by atoms with van der Waals surface area (Å²) in [5.74, 6) is 1.01. The molecule has 2 fully saturated rings. The molecular weight excluding hydrogens is 346 g/mol. The molecule has 2 aromatic rings. The van der Waals surface area contributed by atoms with Crippen molar-refractivity contribution in [2.75, 3.05) is 56.1 Å². The smallest absolute Gasteiger partial charge is 0.143 e. The molecule has 0 bridgehead atoms. The summed E-state index contributed by atoms with van der Waals surface area (Å²) in [4.78, 5) is 7.49. The van der Waals surface area contributed by atoms with Gasteiger partial charge in [-0.25, -0.2) is 0 Å². The molecule has 2 saturated heterocycles. The summed E-state index contributed by atoms with van der Waals surface area (Å²) in [7, 11) is 2.22. The monoisotopic (exact) mass is 379 g/mol. The number of piperidine rings is 1. The van der Waals surface area contributed by atoms with Crippen molar-refractivity contribution in [2.45, 2.75) is 32.3 Å². The maximum atomic E-state index is 6.31. The molecule has 2 heterocycles. The molecule has 2 aliphatic heterocycles. The van der Waals surface area contributed by atoms with Crippen molar-refractivity contribution in [1.82, 2.24) is 4.90 Å². The number of hydrogen-bond acceptors (Lipinski definition) is 4. The first-order chi connectivity index (χ1) is 13.8. The van der Waals surface area contributed by atoms with Crippen LogP contribution in [0.25, 0.3) is 0 Å². The van der Waals surface area contributed by atoms with Crippen LogP contribution in [0.5, 0.6) is 5.75 Å². The minimum Gasteiger partial charge on any atom is -0.487 e. The Labute approximate surface area is 169 Å². The van der Waals surface area contributed by atoms with Crippen LogP contribution in [0.15, 0.2) is 48.5 Å². The summed E-state index contributed by atoms with van der Waals surface area (Å²) in [6.45, 7) is 7.38. The Morgan fingerprint density at radius 1 is 0.750 bits per heavy atom. The van der Waals surface area contributed by atoms with Gasteiger partial charge in [0.25, 0.3) is 0 Å². The summed E-state index contributed by atoms with van der Waals surface area (Å²) in [6, 6.07) is 17.3. The molecule has 4 nitrogen and oxygen atoms in total. The molecule has 4 heteroatoms. The topological polar surface area (TPSA) is 19.0 Å². The number of likely N-dealkylation sites (N-methyl/N-ethyl adjacent to an activating group) is 1. The van der Waals surface area contributed by atoms with E-state index in [1.165, 1.54) is 62.3 Å². The number of benzene rings is 2. The highest BCUT2D eigenvalue weighted by Crippen LogP contribution is 2.35. The Kier molecular flexibility index (Phi) is 6.38. The van der Waals surface area contributed by atoms with Crippen LogP contribution in [0.3, 0.4) is 0 Å². The van der Waals surface area contributed by atoms with E-state index >= 15 is 0 Å². The molecule has 0 radical (unpaired) electrons. The molecule has 0 atom stereocenters. The molecule has 0 aliphatic carbocycles. The normalized spacial score (nSPS) is 18.8. The maximum Gasteiger partial charge on any atom is 0.143 e. The van der Waals surface area contributed by atoms with E-state index < -0.39 is 0 Å². The first kappa shape index (κ1) is 19.1. The SMILES string of the molecule is CN1CCCN(c2cc(N3CCCCC3)ccc2OCc2ccccc2)CC1. The highest BCUT2D eigenvalue weighted by molar-refractivity contribution is 5.67. The second-order valence-electron chi connectivity index (χ2n) is 8.12. The zero-order valence-corrected chi connectivity index (χ0v) is 17.1. The van der Waals surface area contributed by atoms with Gasteiger partial charge in [-0.15, -0.1) is 0 Å². The third kappa shape index (κ3) is 4.79. The van der Waals surface area contributed by atoms with E-state index in [9.17, 15) is 0 Å². The van der Waals surface area contributed by atoms with Gasteiger partial charge in [0.2, 0.25) is 0 Å². The van der Waals surface area contributed by atoms with Crippen LogP contribution in [0.2, 0.25) is 0 Å². The lowest BCUT2D eigenvalue weighted by Gasteiger charge is -2.31. The van der Waals surface area contributed by atoms with Gasteiger partial charge in [0.05, 0.1) is 5.69 Å². The fourth-order valence-corrected chi connectivity index (χ4v) is 4.25. The lowest BCUT2D eigenvalue weighted by molar-refractivity contribution is 0.306. The highest BCUT2D eigenvalue weighted by atomic mass is 16.5. The Morgan fingerprint density at radius 3 is 2.36 bits per heavy atom. The van der Waals surface area contributed by atoms with Crippen molar-refractivity contribution in [3.05, 3.63) is 54.1 Å². The van der Waals surface area contributed by atoms with Crippen LogP contribution >= 0.6 is 0 Å². The van der Waals surface area contributed by atoms with Gasteiger partial charge in [-0.3, -0.25) is 0 Å². The number of rotatable bonds is 5. The molecule has 4 rings (SSSR count). The average molecular weight is 380 g/mol. The van der Waals surface area contributed by atoms with Crippen molar-refractivity contribution < 1.29 is 4.74 Å². The summed E-state index contributed by atoms with van der Waals surface area (Å²) in [5.41, 5.74) is 3.82. The number of ether oxygens (including phenoxy) is 1. The van der Waals surface area contributed by atoms with Crippen LogP contribution < -0.4 is 14.5 Å². The lowest BCUT2D eigenvalue weighted by atomic mass is 10.1. The molecule has 0 unspecified atom stereocenters. The Balaban J connectivity index is 1.57. The van der Waals surface area contributed by atoms with Crippen LogP contribution in [0, 0.1) is 0 Å². The molecule has 0 spiro atoms. The van der Waals surface area contributed by atoms with E-state index in [2.05, 4.69) is 70.3 Å². The largest absolute Gasteiger partial charge is 0.487 e. The summed E-state index contributed by atoms with van der Waals surface area (Å²) < 4.78 is 6.31. The minimum absolute atomic E-state index is 0.616. The second-order valence-corrected chi connectivity index (χ2v) is 8.12. The van der Waals surface area contributed by atoms with E-state index in [1.807, 2.05) is 0 Å². The molecule has 0 amide bonds. The minimum atomic E-state index is 0.616. The Hall–Kier alpha value is -2.20. The zero-order chi connectivity index (χ0) is 19.2. The van der Waals surface area contributed by atoms with Gasteiger partial charge in [0, 0.05) is 38.4 Å². The van der Waals surface area contributed by atoms with Crippen LogP contribution in [0.4, 0.5) is 11.4 Å². The van der Waals surface area contributed by atoms with Gasteiger partial charge >= 0.3 is 0 Å². The molecule has 2 aliphatic rings. The average Bonchev–Trinajstić information content (AvgIpc) is 2.98. The third-order valence-corrected chi connectivity index (χ3v) is 5.96. The van der Waals surface area contributed by atoms with Gasteiger partial charge in [-0.1, -0.05) is 30.3 Å².